The molecule has 1 amide bonds. The molecule has 1 aliphatic rings. The molecule has 144 valence electrons. The number of sulfonamides is 1. The topological polar surface area (TPSA) is 106 Å². The van der Waals surface area contributed by atoms with Crippen LogP contribution in [0.4, 0.5) is 5.69 Å². The second kappa shape index (κ2) is 6.84. The molecule has 0 bridgehead atoms. The van der Waals surface area contributed by atoms with Gasteiger partial charge in [-0.05, 0) is 55.3 Å². The summed E-state index contributed by atoms with van der Waals surface area (Å²) in [6.45, 7) is 3.54. The maximum atomic E-state index is 12.8. The number of nitrogens with zero attached hydrogens (tertiary/aromatic N) is 3. The van der Waals surface area contributed by atoms with Crippen LogP contribution in [0.25, 0.3) is 5.69 Å². The summed E-state index contributed by atoms with van der Waals surface area (Å²) >= 11 is 0. The molecule has 1 aromatic heterocycles. The lowest BCUT2D eigenvalue weighted by Crippen LogP contribution is -2.27. The van der Waals surface area contributed by atoms with Crippen LogP contribution < -0.4 is 10.0 Å². The number of nitrogens with one attached hydrogen (secondary N) is 2. The van der Waals surface area contributed by atoms with Gasteiger partial charge >= 0.3 is 0 Å². The van der Waals surface area contributed by atoms with Gasteiger partial charge in [-0.2, -0.15) is 5.10 Å². The highest BCUT2D eigenvalue weighted by atomic mass is 32.2. The van der Waals surface area contributed by atoms with Gasteiger partial charge in [0.15, 0.2) is 0 Å². The second-order valence-corrected chi connectivity index (χ2v) is 8.45. The van der Waals surface area contributed by atoms with Gasteiger partial charge in [0.2, 0.25) is 15.9 Å². The second-order valence-electron chi connectivity index (χ2n) is 6.73. The number of benzene rings is 2. The third-order valence-corrected chi connectivity index (χ3v) is 6.40. The molecule has 0 radical (unpaired) electrons. The largest absolute Gasteiger partial charge is 0.325 e. The van der Waals surface area contributed by atoms with Crippen LogP contribution in [0.15, 0.2) is 60.0 Å². The molecular weight excluding hydrogens is 378 g/mol. The van der Waals surface area contributed by atoms with Gasteiger partial charge in [0, 0.05) is 11.7 Å². The molecule has 4 rings (SSSR count). The summed E-state index contributed by atoms with van der Waals surface area (Å²) in [7, 11) is -3.74. The first-order chi connectivity index (χ1) is 13.3. The first-order valence-corrected chi connectivity index (χ1v) is 10.3. The summed E-state index contributed by atoms with van der Waals surface area (Å²) in [5, 5.41) is 6.81. The van der Waals surface area contributed by atoms with E-state index in [-0.39, 0.29) is 16.7 Å². The summed E-state index contributed by atoms with van der Waals surface area (Å²) < 4.78 is 30.0. The smallest absolute Gasteiger partial charge is 0.241 e. The average Bonchev–Trinajstić information content (AvgIpc) is 3.30. The molecule has 9 heteroatoms. The third-order valence-electron chi connectivity index (χ3n) is 4.86. The zero-order valence-corrected chi connectivity index (χ0v) is 16.1. The number of carbonyl (C=O) groups is 1. The quantitative estimate of drug-likeness (QED) is 0.687. The maximum absolute atomic E-state index is 12.8. The summed E-state index contributed by atoms with van der Waals surface area (Å²) in [5.41, 5.74) is 3.01. The molecule has 0 aliphatic carbocycles. The highest BCUT2D eigenvalue weighted by molar-refractivity contribution is 7.89. The van der Waals surface area contributed by atoms with Crippen molar-refractivity contribution < 1.29 is 13.2 Å². The molecule has 0 unspecified atom stereocenters. The van der Waals surface area contributed by atoms with Crippen molar-refractivity contribution in [2.45, 2.75) is 30.7 Å². The fraction of sp³-hybridized carbons (Fsp3) is 0.211. The van der Waals surface area contributed by atoms with E-state index in [0.29, 0.717) is 11.3 Å². The standard InChI is InChI=1S/C19H19N5O3S/c1-12-17-9-16(7-8-18(17)22-19(12)25)28(26,27)23-13(2)14-3-5-15(6-4-14)24-11-20-10-21-24/h3-13,23H,1-2H3,(H,22,25)/t12-,13+/m0/s1. The first-order valence-electron chi connectivity index (χ1n) is 8.77. The first kappa shape index (κ1) is 18.3. The Morgan fingerprint density at radius 3 is 2.61 bits per heavy atom. The Bertz CT molecular complexity index is 1120. The van der Waals surface area contributed by atoms with Crippen molar-refractivity contribution in [2.75, 3.05) is 5.32 Å². The van der Waals surface area contributed by atoms with Crippen LogP contribution in [0.1, 0.15) is 36.9 Å². The van der Waals surface area contributed by atoms with E-state index < -0.39 is 16.1 Å². The molecule has 0 fully saturated rings. The van der Waals surface area contributed by atoms with Crippen LogP contribution in [0.2, 0.25) is 0 Å². The van der Waals surface area contributed by atoms with E-state index in [1.165, 1.54) is 12.4 Å². The fourth-order valence-electron chi connectivity index (χ4n) is 3.19. The number of hydrogen-bond donors (Lipinski definition) is 2. The van der Waals surface area contributed by atoms with Crippen LogP contribution in [-0.4, -0.2) is 29.1 Å². The van der Waals surface area contributed by atoms with E-state index in [1.54, 1.807) is 37.0 Å². The van der Waals surface area contributed by atoms with E-state index in [9.17, 15) is 13.2 Å². The molecule has 0 saturated heterocycles. The molecule has 0 saturated carbocycles. The van der Waals surface area contributed by atoms with Crippen molar-refractivity contribution in [3.8, 4) is 5.69 Å². The van der Waals surface area contributed by atoms with Gasteiger partial charge in [-0.25, -0.2) is 22.8 Å². The summed E-state index contributed by atoms with van der Waals surface area (Å²) in [6, 6.07) is 11.6. The number of rotatable bonds is 5. The Morgan fingerprint density at radius 1 is 1.18 bits per heavy atom. The summed E-state index contributed by atoms with van der Waals surface area (Å²) in [6.07, 6.45) is 3.04. The Kier molecular flexibility index (Phi) is 4.48. The highest BCUT2D eigenvalue weighted by Crippen LogP contribution is 2.34. The molecule has 2 N–H and O–H groups in total. The van der Waals surface area contributed by atoms with Crippen LogP contribution in [0, 0.1) is 0 Å². The van der Waals surface area contributed by atoms with Crippen molar-refractivity contribution in [3.05, 3.63) is 66.2 Å². The SMILES string of the molecule is C[C@@H]1C(=O)Nc2ccc(S(=O)(=O)N[C@H](C)c3ccc(-n4cncn4)cc3)cc21. The van der Waals surface area contributed by atoms with Crippen molar-refractivity contribution in [3.63, 3.8) is 0 Å². The highest BCUT2D eigenvalue weighted by Gasteiger charge is 2.28. The molecule has 28 heavy (non-hydrogen) atoms. The average molecular weight is 397 g/mol. The van der Waals surface area contributed by atoms with Gasteiger partial charge in [0.05, 0.1) is 16.5 Å². The van der Waals surface area contributed by atoms with Crippen LogP contribution in [0.3, 0.4) is 0 Å². The van der Waals surface area contributed by atoms with E-state index >= 15 is 0 Å². The number of fused-ring (bicyclic) bond motifs is 1. The van der Waals surface area contributed by atoms with Gasteiger partial charge in [-0.1, -0.05) is 12.1 Å². The molecule has 2 atom stereocenters. The lowest BCUT2D eigenvalue weighted by Gasteiger charge is -2.16. The predicted molar refractivity (Wildman–Crippen MR) is 104 cm³/mol. The summed E-state index contributed by atoms with van der Waals surface area (Å²) in [4.78, 5) is 15.8. The Hall–Kier alpha value is -3.04. The molecule has 8 nitrogen and oxygen atoms in total. The Labute approximate surface area is 162 Å². The van der Waals surface area contributed by atoms with Gasteiger partial charge in [-0.3, -0.25) is 4.79 Å². The minimum absolute atomic E-state index is 0.127. The minimum Gasteiger partial charge on any atom is -0.325 e. The van der Waals surface area contributed by atoms with E-state index in [2.05, 4.69) is 20.1 Å². The predicted octanol–water partition coefficient (Wildman–Crippen LogP) is 2.36. The number of amides is 1. The fourth-order valence-corrected chi connectivity index (χ4v) is 4.46. The monoisotopic (exact) mass is 397 g/mol. The number of aromatic nitrogens is 3. The van der Waals surface area contributed by atoms with Gasteiger partial charge in [-0.15, -0.1) is 0 Å². The summed E-state index contributed by atoms with van der Waals surface area (Å²) in [5.74, 6) is -0.495. The Morgan fingerprint density at radius 2 is 1.93 bits per heavy atom. The van der Waals surface area contributed by atoms with E-state index in [1.807, 2.05) is 24.3 Å². The molecule has 2 aromatic carbocycles. The normalized spacial score (nSPS) is 17.2. The molecular formula is C19H19N5O3S. The number of hydrogen-bond acceptors (Lipinski definition) is 5. The maximum Gasteiger partial charge on any atom is 0.241 e. The zero-order valence-electron chi connectivity index (χ0n) is 15.3. The third kappa shape index (κ3) is 3.30. The number of anilines is 1. The van der Waals surface area contributed by atoms with Crippen molar-refractivity contribution >= 4 is 21.6 Å². The van der Waals surface area contributed by atoms with Crippen molar-refractivity contribution in [1.29, 1.82) is 0 Å². The molecule has 1 aliphatic heterocycles. The van der Waals surface area contributed by atoms with Gasteiger partial charge < -0.3 is 5.32 Å². The minimum atomic E-state index is -3.74. The lowest BCUT2D eigenvalue weighted by molar-refractivity contribution is -0.116. The number of carbonyl (C=O) groups excluding carboxylic acids is 1. The van der Waals surface area contributed by atoms with E-state index in [0.717, 1.165) is 11.3 Å². The van der Waals surface area contributed by atoms with Crippen molar-refractivity contribution in [2.24, 2.45) is 0 Å². The molecule has 2 heterocycles. The van der Waals surface area contributed by atoms with Crippen LogP contribution in [0.5, 0.6) is 0 Å². The van der Waals surface area contributed by atoms with E-state index in [4.69, 9.17) is 0 Å². The van der Waals surface area contributed by atoms with Crippen LogP contribution in [-0.2, 0) is 14.8 Å². The van der Waals surface area contributed by atoms with Crippen molar-refractivity contribution in [1.82, 2.24) is 19.5 Å². The molecule has 3 aromatic rings. The Balaban J connectivity index is 1.54. The lowest BCUT2D eigenvalue weighted by atomic mass is 10.0. The van der Waals surface area contributed by atoms with Gasteiger partial charge in [0.1, 0.15) is 12.7 Å². The zero-order chi connectivity index (χ0) is 19.9. The molecule has 0 spiro atoms. The van der Waals surface area contributed by atoms with Crippen LogP contribution >= 0.6 is 0 Å². The van der Waals surface area contributed by atoms with Gasteiger partial charge in [0.25, 0.3) is 0 Å².